The van der Waals surface area contributed by atoms with Crippen molar-refractivity contribution in [3.8, 4) is 0 Å². The summed E-state index contributed by atoms with van der Waals surface area (Å²) in [5.41, 5.74) is 7.27. The lowest BCUT2D eigenvalue weighted by Crippen LogP contribution is -2.35. The van der Waals surface area contributed by atoms with E-state index in [9.17, 15) is 9.70 Å². The highest BCUT2D eigenvalue weighted by atomic mass is 79.9. The third kappa shape index (κ3) is 7.09. The minimum atomic E-state index is -0.913. The van der Waals surface area contributed by atoms with Crippen LogP contribution in [-0.2, 0) is 11.2 Å². The Kier molecular flexibility index (Phi) is 8.30. The van der Waals surface area contributed by atoms with Crippen molar-refractivity contribution in [2.75, 3.05) is 18.0 Å². The molecule has 1 amide bonds. The maximum atomic E-state index is 12.1. The molecule has 2 aromatic rings. The predicted octanol–water partition coefficient (Wildman–Crippen LogP) is 4.27. The van der Waals surface area contributed by atoms with Gasteiger partial charge >= 0.3 is 0 Å². The van der Waals surface area contributed by atoms with Gasteiger partial charge in [-0.25, -0.2) is 0 Å². The molecule has 1 atom stereocenters. The number of nitrogens with one attached hydrogen (secondary N) is 1. The molecule has 0 spiro atoms. The number of halogens is 1. The van der Waals surface area contributed by atoms with Crippen molar-refractivity contribution in [2.24, 2.45) is 5.18 Å². The summed E-state index contributed by atoms with van der Waals surface area (Å²) in [6.45, 7) is 0.482. The van der Waals surface area contributed by atoms with Gasteiger partial charge in [-0.15, -0.1) is 4.91 Å². The third-order valence-electron chi connectivity index (χ3n) is 3.27. The normalized spacial score (nSPS) is 11.7. The van der Waals surface area contributed by atoms with Gasteiger partial charge in [0.1, 0.15) is 0 Å². The van der Waals surface area contributed by atoms with Gasteiger partial charge in [-0.1, -0.05) is 54.8 Å². The molecule has 132 valence electrons. The Labute approximate surface area is 163 Å². The van der Waals surface area contributed by atoms with Crippen LogP contribution in [0, 0.1) is 4.91 Å². The molecule has 25 heavy (non-hydrogen) atoms. The van der Waals surface area contributed by atoms with Gasteiger partial charge in [0.2, 0.25) is 5.91 Å². The fraction of sp³-hybridized carbons (Fsp3) is 0.235. The fourth-order valence-corrected chi connectivity index (χ4v) is 4.37. The number of amides is 1. The van der Waals surface area contributed by atoms with Crippen molar-refractivity contribution in [1.82, 2.24) is 5.32 Å². The minimum Gasteiger partial charge on any atom is -0.399 e. The number of rotatable bonds is 9. The highest BCUT2D eigenvalue weighted by Crippen LogP contribution is 2.30. The zero-order valence-corrected chi connectivity index (χ0v) is 16.6. The molecule has 8 heteroatoms. The zero-order valence-electron chi connectivity index (χ0n) is 13.4. The molecule has 1 unspecified atom stereocenters. The van der Waals surface area contributed by atoms with Crippen molar-refractivity contribution in [2.45, 2.75) is 17.4 Å². The van der Waals surface area contributed by atoms with E-state index in [1.165, 1.54) is 0 Å². The van der Waals surface area contributed by atoms with E-state index in [0.29, 0.717) is 13.0 Å². The molecular weight excluding hydrogens is 422 g/mol. The number of benzene rings is 2. The van der Waals surface area contributed by atoms with E-state index in [-0.39, 0.29) is 5.91 Å². The maximum absolute atomic E-state index is 12.1. The molecule has 2 rings (SSSR count). The topological polar surface area (TPSA) is 84.5 Å². The quantitative estimate of drug-likeness (QED) is 0.263. The molecule has 0 heterocycles. The van der Waals surface area contributed by atoms with Crippen LogP contribution in [0.1, 0.15) is 5.56 Å². The average molecular weight is 440 g/mol. The molecule has 2 aromatic carbocycles. The van der Waals surface area contributed by atoms with Gasteiger partial charge in [-0.2, -0.15) is 0 Å². The van der Waals surface area contributed by atoms with E-state index in [2.05, 4.69) is 26.4 Å². The highest BCUT2D eigenvalue weighted by molar-refractivity contribution is 9.10. The lowest BCUT2D eigenvalue weighted by molar-refractivity contribution is -0.122. The summed E-state index contributed by atoms with van der Waals surface area (Å²) in [5, 5.41) is 5.73. The Hall–Kier alpha value is -1.51. The predicted molar refractivity (Wildman–Crippen MR) is 110 cm³/mol. The first-order chi connectivity index (χ1) is 12.1. The fourth-order valence-electron chi connectivity index (χ4n) is 2.03. The van der Waals surface area contributed by atoms with Crippen LogP contribution in [0.5, 0.6) is 0 Å². The minimum absolute atomic E-state index is 0.294. The van der Waals surface area contributed by atoms with Gasteiger partial charge in [-0.3, -0.25) is 4.79 Å². The van der Waals surface area contributed by atoms with Gasteiger partial charge in [-0.05, 0) is 42.0 Å². The first kappa shape index (κ1) is 19.8. The molecule has 0 fully saturated rings. The van der Waals surface area contributed by atoms with Gasteiger partial charge in [0, 0.05) is 33.8 Å². The molecule has 0 aliphatic carbocycles. The molecule has 0 bridgehead atoms. The van der Waals surface area contributed by atoms with Crippen LogP contribution in [0.4, 0.5) is 5.69 Å². The number of nitrogens with zero attached hydrogens (tertiary/aromatic N) is 1. The van der Waals surface area contributed by atoms with Crippen molar-refractivity contribution in [3.05, 3.63) is 63.5 Å². The Morgan fingerprint density at radius 2 is 2.00 bits per heavy atom. The first-order valence-electron chi connectivity index (χ1n) is 7.58. The van der Waals surface area contributed by atoms with E-state index in [0.717, 1.165) is 26.4 Å². The van der Waals surface area contributed by atoms with Crippen molar-refractivity contribution in [3.63, 3.8) is 0 Å². The molecule has 3 N–H and O–H groups in total. The van der Waals surface area contributed by atoms with Crippen molar-refractivity contribution < 1.29 is 4.79 Å². The molecule has 0 aliphatic heterocycles. The molecular formula is C17H18BrN3O2S2. The van der Waals surface area contributed by atoms with Crippen LogP contribution in [0.3, 0.4) is 0 Å². The summed E-state index contributed by atoms with van der Waals surface area (Å²) in [6.07, 6.45) is 0.294. The Bertz CT molecular complexity index is 713. The summed E-state index contributed by atoms with van der Waals surface area (Å²) >= 11 is 3.37. The van der Waals surface area contributed by atoms with Crippen molar-refractivity contribution in [1.29, 1.82) is 0 Å². The second-order valence-electron chi connectivity index (χ2n) is 5.22. The summed E-state index contributed by atoms with van der Waals surface area (Å²) in [5.74, 6) is 0.386. The number of carbonyl (C=O) groups is 1. The second kappa shape index (κ2) is 10.5. The standard InChI is InChI=1S/C17H18BrN3O2S2/c18-13-3-1-2-12(10-13)11-16(21-23)17(22)20-8-9-24-25-15-6-4-14(19)5-7-15/h1-7,10,16H,8-9,11,19H2,(H,20,22). The van der Waals surface area contributed by atoms with Crippen LogP contribution in [0.15, 0.2) is 63.1 Å². The Morgan fingerprint density at radius 3 is 2.68 bits per heavy atom. The lowest BCUT2D eigenvalue weighted by atomic mass is 10.1. The Balaban J connectivity index is 1.70. The van der Waals surface area contributed by atoms with Gasteiger partial charge in [0.05, 0.1) is 0 Å². The van der Waals surface area contributed by atoms with E-state index >= 15 is 0 Å². The number of nitroso groups, excluding NO2 is 1. The highest BCUT2D eigenvalue weighted by Gasteiger charge is 2.19. The monoisotopic (exact) mass is 439 g/mol. The number of hydrogen-bond acceptors (Lipinski definition) is 6. The molecule has 0 aliphatic rings. The summed E-state index contributed by atoms with van der Waals surface area (Å²) in [7, 11) is 3.24. The number of anilines is 1. The van der Waals surface area contributed by atoms with Crippen LogP contribution < -0.4 is 11.1 Å². The third-order valence-corrected chi connectivity index (χ3v) is 6.15. The smallest absolute Gasteiger partial charge is 0.248 e. The van der Waals surface area contributed by atoms with Crippen LogP contribution in [-0.4, -0.2) is 24.2 Å². The zero-order chi connectivity index (χ0) is 18.1. The largest absolute Gasteiger partial charge is 0.399 e. The summed E-state index contributed by atoms with van der Waals surface area (Å²) < 4.78 is 0.908. The van der Waals surface area contributed by atoms with Gasteiger partial charge < -0.3 is 11.1 Å². The number of hydrogen-bond donors (Lipinski definition) is 2. The van der Waals surface area contributed by atoms with E-state index in [1.54, 1.807) is 21.6 Å². The lowest BCUT2D eigenvalue weighted by Gasteiger charge is -2.10. The molecule has 0 saturated carbocycles. The first-order valence-corrected chi connectivity index (χ1v) is 10.7. The summed E-state index contributed by atoms with van der Waals surface area (Å²) in [4.78, 5) is 24.2. The van der Waals surface area contributed by atoms with E-state index < -0.39 is 6.04 Å². The molecule has 0 aromatic heterocycles. The van der Waals surface area contributed by atoms with Crippen LogP contribution in [0.25, 0.3) is 0 Å². The number of nitrogens with two attached hydrogens (primary N) is 1. The number of carbonyl (C=O) groups excluding carboxylic acids is 1. The van der Waals surface area contributed by atoms with Gasteiger partial charge in [0.25, 0.3) is 0 Å². The Morgan fingerprint density at radius 1 is 1.24 bits per heavy atom. The molecule has 0 radical (unpaired) electrons. The van der Waals surface area contributed by atoms with Crippen LogP contribution >= 0.6 is 37.5 Å². The van der Waals surface area contributed by atoms with E-state index in [1.807, 2.05) is 48.5 Å². The maximum Gasteiger partial charge on any atom is 0.248 e. The van der Waals surface area contributed by atoms with Crippen molar-refractivity contribution >= 4 is 49.1 Å². The second-order valence-corrected chi connectivity index (χ2v) is 8.63. The average Bonchev–Trinajstić information content (AvgIpc) is 2.61. The van der Waals surface area contributed by atoms with E-state index in [4.69, 9.17) is 5.73 Å². The SMILES string of the molecule is Nc1ccc(SSCCNC(=O)C(Cc2cccc(Br)c2)N=O)cc1. The summed E-state index contributed by atoms with van der Waals surface area (Å²) in [6, 6.07) is 14.2. The van der Waals surface area contributed by atoms with Gasteiger partial charge in [0.15, 0.2) is 6.04 Å². The molecule has 0 saturated heterocycles. The van der Waals surface area contributed by atoms with Crippen LogP contribution in [0.2, 0.25) is 0 Å². The number of nitrogen functional groups attached to an aromatic ring is 1. The molecule has 5 nitrogen and oxygen atoms in total.